The van der Waals surface area contributed by atoms with E-state index in [4.69, 9.17) is 16.0 Å². The quantitative estimate of drug-likeness (QED) is 0.753. The van der Waals surface area contributed by atoms with Gasteiger partial charge in [0.05, 0.1) is 0 Å². The van der Waals surface area contributed by atoms with Crippen molar-refractivity contribution in [1.82, 2.24) is 4.98 Å². The first-order valence-electron chi connectivity index (χ1n) is 5.74. The summed E-state index contributed by atoms with van der Waals surface area (Å²) in [7, 11) is 0. The van der Waals surface area contributed by atoms with E-state index in [-0.39, 0.29) is 5.75 Å². The van der Waals surface area contributed by atoms with E-state index in [0.717, 1.165) is 11.1 Å². The molecule has 2 aromatic carbocycles. The number of benzene rings is 2. The van der Waals surface area contributed by atoms with Gasteiger partial charge in [-0.05, 0) is 42.0 Å². The number of nitrogens with zero attached hydrogens (tertiary/aromatic N) is 1. The molecule has 3 rings (SSSR count). The van der Waals surface area contributed by atoms with Crippen LogP contribution in [0.15, 0.2) is 46.9 Å². The summed E-state index contributed by atoms with van der Waals surface area (Å²) in [6.45, 7) is 0. The van der Waals surface area contributed by atoms with Crippen molar-refractivity contribution in [3.63, 3.8) is 0 Å². The van der Waals surface area contributed by atoms with E-state index in [1.807, 2.05) is 12.1 Å². The number of hydrogen-bond donors (Lipinski definition) is 1. The van der Waals surface area contributed by atoms with E-state index in [1.54, 1.807) is 42.5 Å². The average molecular weight is 272 g/mol. The third kappa shape index (κ3) is 2.61. The number of hydrogen-bond acceptors (Lipinski definition) is 3. The summed E-state index contributed by atoms with van der Waals surface area (Å²) in [5.74, 6) is 0.729. The van der Waals surface area contributed by atoms with E-state index in [0.29, 0.717) is 16.5 Å². The van der Waals surface area contributed by atoms with Crippen LogP contribution in [0.5, 0.6) is 5.75 Å². The zero-order valence-electron chi connectivity index (χ0n) is 9.88. The molecular formula is C15H10ClNO2. The van der Waals surface area contributed by atoms with Crippen LogP contribution in [0.3, 0.4) is 0 Å². The van der Waals surface area contributed by atoms with Gasteiger partial charge < -0.3 is 9.52 Å². The molecule has 0 spiro atoms. The Morgan fingerprint density at radius 2 is 2.00 bits per heavy atom. The Kier molecular flexibility index (Phi) is 2.97. The normalized spacial score (nSPS) is 11.4. The lowest BCUT2D eigenvalue weighted by molar-refractivity contribution is 0.475. The van der Waals surface area contributed by atoms with Gasteiger partial charge in [0, 0.05) is 11.1 Å². The van der Waals surface area contributed by atoms with Crippen LogP contribution in [0.25, 0.3) is 23.3 Å². The summed E-state index contributed by atoms with van der Waals surface area (Å²) in [4.78, 5) is 4.31. The summed E-state index contributed by atoms with van der Waals surface area (Å²) < 4.78 is 5.56. The molecule has 0 saturated carbocycles. The zero-order valence-corrected chi connectivity index (χ0v) is 10.6. The lowest BCUT2D eigenvalue weighted by Crippen LogP contribution is -1.72. The Balaban J connectivity index is 1.92. The van der Waals surface area contributed by atoms with Gasteiger partial charge >= 0.3 is 0 Å². The summed E-state index contributed by atoms with van der Waals surface area (Å²) in [6, 6.07) is 12.3. The number of rotatable bonds is 2. The van der Waals surface area contributed by atoms with Gasteiger partial charge in [-0.25, -0.2) is 4.98 Å². The van der Waals surface area contributed by atoms with Gasteiger partial charge in [0.25, 0.3) is 0 Å². The Labute approximate surface area is 114 Å². The highest BCUT2D eigenvalue weighted by molar-refractivity contribution is 6.31. The van der Waals surface area contributed by atoms with Gasteiger partial charge in [-0.3, -0.25) is 0 Å². The van der Waals surface area contributed by atoms with E-state index >= 15 is 0 Å². The Hall–Kier alpha value is -2.26. The largest absolute Gasteiger partial charge is 0.508 e. The molecule has 0 unspecified atom stereocenters. The first-order valence-corrected chi connectivity index (χ1v) is 6.12. The number of phenolic OH excluding ortho intramolecular Hbond substituents is 1. The van der Waals surface area contributed by atoms with Crippen molar-refractivity contribution in [3.05, 3.63) is 58.9 Å². The maximum absolute atomic E-state index is 9.37. The summed E-state index contributed by atoms with van der Waals surface area (Å²) in [6.07, 6.45) is 3.58. The van der Waals surface area contributed by atoms with Crippen molar-refractivity contribution in [2.75, 3.05) is 0 Å². The second-order valence-corrected chi connectivity index (χ2v) is 4.53. The fraction of sp³-hybridized carbons (Fsp3) is 0. The highest BCUT2D eigenvalue weighted by Crippen LogP contribution is 2.21. The molecule has 0 atom stereocenters. The van der Waals surface area contributed by atoms with E-state index in [1.165, 1.54) is 0 Å². The number of aromatic nitrogens is 1. The Morgan fingerprint density at radius 3 is 2.84 bits per heavy atom. The summed E-state index contributed by atoms with van der Waals surface area (Å²) in [5.41, 5.74) is 2.29. The van der Waals surface area contributed by atoms with Crippen LogP contribution in [-0.2, 0) is 0 Å². The molecule has 4 heteroatoms. The average Bonchev–Trinajstić information content (AvgIpc) is 2.78. The van der Waals surface area contributed by atoms with Crippen LogP contribution in [0.4, 0.5) is 0 Å². The van der Waals surface area contributed by atoms with Gasteiger partial charge in [-0.1, -0.05) is 23.7 Å². The molecule has 0 saturated heterocycles. The summed E-state index contributed by atoms with van der Waals surface area (Å²) >= 11 is 5.89. The molecule has 0 aliphatic heterocycles. The molecule has 19 heavy (non-hydrogen) atoms. The molecule has 0 fully saturated rings. The van der Waals surface area contributed by atoms with Gasteiger partial charge in [0.15, 0.2) is 5.58 Å². The SMILES string of the molecule is Oc1cccc(/C=C\c2nc3cc(Cl)ccc3o2)c1. The first-order chi connectivity index (χ1) is 9.20. The van der Waals surface area contributed by atoms with Crippen molar-refractivity contribution >= 4 is 34.9 Å². The topological polar surface area (TPSA) is 46.3 Å². The van der Waals surface area contributed by atoms with Crippen molar-refractivity contribution in [2.24, 2.45) is 0 Å². The zero-order chi connectivity index (χ0) is 13.2. The maximum Gasteiger partial charge on any atom is 0.220 e. The van der Waals surface area contributed by atoms with Gasteiger partial charge in [-0.2, -0.15) is 0 Å². The minimum atomic E-state index is 0.228. The number of fused-ring (bicyclic) bond motifs is 1. The first kappa shape index (κ1) is 11.8. The fourth-order valence-corrected chi connectivity index (χ4v) is 1.95. The van der Waals surface area contributed by atoms with Crippen molar-refractivity contribution in [2.45, 2.75) is 0 Å². The molecule has 0 bridgehead atoms. The molecule has 0 amide bonds. The third-order valence-corrected chi connectivity index (χ3v) is 2.89. The molecule has 3 nitrogen and oxygen atoms in total. The minimum absolute atomic E-state index is 0.228. The molecule has 0 aliphatic carbocycles. The van der Waals surface area contributed by atoms with Gasteiger partial charge in [0.2, 0.25) is 5.89 Å². The van der Waals surface area contributed by atoms with Crippen molar-refractivity contribution in [1.29, 1.82) is 0 Å². The van der Waals surface area contributed by atoms with Crippen LogP contribution < -0.4 is 0 Å². The predicted molar refractivity (Wildman–Crippen MR) is 76.1 cm³/mol. The third-order valence-electron chi connectivity index (χ3n) is 2.65. The van der Waals surface area contributed by atoms with E-state index < -0.39 is 0 Å². The molecule has 1 N–H and O–H groups in total. The highest BCUT2D eigenvalue weighted by atomic mass is 35.5. The van der Waals surface area contributed by atoms with Gasteiger partial charge in [-0.15, -0.1) is 0 Å². The van der Waals surface area contributed by atoms with Gasteiger partial charge in [0.1, 0.15) is 11.3 Å². The number of oxazole rings is 1. The van der Waals surface area contributed by atoms with E-state index in [2.05, 4.69) is 4.98 Å². The van der Waals surface area contributed by atoms with Crippen LogP contribution in [0.2, 0.25) is 5.02 Å². The fourth-order valence-electron chi connectivity index (χ4n) is 1.79. The minimum Gasteiger partial charge on any atom is -0.508 e. The van der Waals surface area contributed by atoms with E-state index in [9.17, 15) is 5.11 Å². The molecule has 3 aromatic rings. The smallest absolute Gasteiger partial charge is 0.220 e. The monoisotopic (exact) mass is 271 g/mol. The highest BCUT2D eigenvalue weighted by Gasteiger charge is 2.03. The molecular weight excluding hydrogens is 262 g/mol. The molecule has 1 aromatic heterocycles. The lowest BCUT2D eigenvalue weighted by Gasteiger charge is -1.93. The maximum atomic E-state index is 9.37. The van der Waals surface area contributed by atoms with Crippen molar-refractivity contribution in [3.8, 4) is 5.75 Å². The molecule has 94 valence electrons. The van der Waals surface area contributed by atoms with Crippen molar-refractivity contribution < 1.29 is 9.52 Å². The van der Waals surface area contributed by atoms with Crippen LogP contribution in [0, 0.1) is 0 Å². The summed E-state index contributed by atoms with van der Waals surface area (Å²) in [5, 5.41) is 10.00. The molecule has 1 heterocycles. The number of phenols is 1. The van der Waals surface area contributed by atoms with Crippen LogP contribution >= 0.6 is 11.6 Å². The molecule has 0 aliphatic rings. The lowest BCUT2D eigenvalue weighted by atomic mass is 10.2. The standard InChI is InChI=1S/C15H10ClNO2/c16-11-5-6-14-13(9-11)17-15(19-14)7-4-10-2-1-3-12(18)8-10/h1-9,18H/b7-4-. The predicted octanol–water partition coefficient (Wildman–Crippen LogP) is 4.36. The number of aromatic hydroxyl groups is 1. The van der Waals surface area contributed by atoms with Crippen LogP contribution in [0.1, 0.15) is 11.5 Å². The number of halogens is 1. The Morgan fingerprint density at radius 1 is 1.11 bits per heavy atom. The Bertz CT molecular complexity index is 762. The van der Waals surface area contributed by atoms with Crippen LogP contribution in [-0.4, -0.2) is 10.1 Å². The molecule has 0 radical (unpaired) electrons. The second-order valence-electron chi connectivity index (χ2n) is 4.09. The second kappa shape index (κ2) is 4.78.